The van der Waals surface area contributed by atoms with Crippen LogP contribution in [0.3, 0.4) is 0 Å². The molecule has 3 heteroatoms. The van der Waals surface area contributed by atoms with Gasteiger partial charge in [0.2, 0.25) is 0 Å². The molecule has 1 aromatic heterocycles. The lowest BCUT2D eigenvalue weighted by molar-refractivity contribution is 0.701. The van der Waals surface area contributed by atoms with Crippen LogP contribution in [0, 0.1) is 6.92 Å². The second kappa shape index (κ2) is 5.73. The van der Waals surface area contributed by atoms with E-state index >= 15 is 0 Å². The first-order chi connectivity index (χ1) is 10.5. The summed E-state index contributed by atoms with van der Waals surface area (Å²) in [6, 6.07) is 11.0. The molecule has 1 aliphatic carbocycles. The molecule has 0 bridgehead atoms. The first kappa shape index (κ1) is 15.0. The molecule has 0 saturated heterocycles. The summed E-state index contributed by atoms with van der Waals surface area (Å²) in [4.78, 5) is 12.8. The molecule has 0 spiro atoms. The topological polar surface area (TPSA) is 48.0 Å². The largest absolute Gasteiger partial charge is 0.326 e. The molecule has 0 unspecified atom stereocenters. The van der Waals surface area contributed by atoms with Crippen LogP contribution in [-0.2, 0) is 6.54 Å². The number of benzene rings is 1. The van der Waals surface area contributed by atoms with Crippen LogP contribution in [0.5, 0.6) is 0 Å². The predicted octanol–water partition coefficient (Wildman–Crippen LogP) is 3.74. The van der Waals surface area contributed by atoms with Gasteiger partial charge in [-0.2, -0.15) is 0 Å². The Morgan fingerprint density at radius 2 is 1.86 bits per heavy atom. The van der Waals surface area contributed by atoms with Crippen LogP contribution < -0.4 is 11.3 Å². The van der Waals surface area contributed by atoms with Crippen LogP contribution >= 0.6 is 0 Å². The minimum absolute atomic E-state index is 0.0907. The molecule has 3 nitrogen and oxygen atoms in total. The van der Waals surface area contributed by atoms with E-state index < -0.39 is 0 Å². The normalized spacial score (nSPS) is 14.6. The van der Waals surface area contributed by atoms with Crippen molar-refractivity contribution in [2.24, 2.45) is 5.73 Å². The van der Waals surface area contributed by atoms with Crippen molar-refractivity contribution in [3.05, 3.63) is 57.4 Å². The Bertz CT molecular complexity index is 737. The number of aryl methyl sites for hydroxylation is 1. The monoisotopic (exact) mass is 296 g/mol. The zero-order chi connectivity index (χ0) is 15.9. The van der Waals surface area contributed by atoms with Crippen molar-refractivity contribution >= 4 is 0 Å². The van der Waals surface area contributed by atoms with Gasteiger partial charge in [-0.05, 0) is 48.4 Å². The second-order valence-electron chi connectivity index (χ2n) is 6.58. The molecule has 3 rings (SSSR count). The molecule has 2 N–H and O–H groups in total. The maximum atomic E-state index is 12.8. The lowest BCUT2D eigenvalue weighted by atomic mass is 9.99. The zero-order valence-corrected chi connectivity index (χ0v) is 13.6. The maximum Gasteiger partial charge on any atom is 0.256 e. The van der Waals surface area contributed by atoms with Gasteiger partial charge in [0.05, 0.1) is 5.69 Å². The molecule has 0 radical (unpaired) electrons. The Morgan fingerprint density at radius 3 is 2.36 bits per heavy atom. The third-order valence-electron chi connectivity index (χ3n) is 4.55. The second-order valence-corrected chi connectivity index (χ2v) is 6.58. The quantitative estimate of drug-likeness (QED) is 0.934. The van der Waals surface area contributed by atoms with Gasteiger partial charge in [-0.3, -0.25) is 4.79 Å². The molecule has 22 heavy (non-hydrogen) atoms. The molecule has 116 valence electrons. The van der Waals surface area contributed by atoms with Crippen molar-refractivity contribution in [2.45, 2.75) is 52.1 Å². The highest BCUT2D eigenvalue weighted by atomic mass is 16.1. The molecule has 1 heterocycles. The van der Waals surface area contributed by atoms with E-state index in [0.717, 1.165) is 35.2 Å². The van der Waals surface area contributed by atoms with Crippen molar-refractivity contribution in [1.82, 2.24) is 4.57 Å². The number of hydrogen-bond acceptors (Lipinski definition) is 2. The van der Waals surface area contributed by atoms with E-state index in [1.807, 2.05) is 11.5 Å². The zero-order valence-electron chi connectivity index (χ0n) is 13.6. The van der Waals surface area contributed by atoms with E-state index in [-0.39, 0.29) is 5.56 Å². The fourth-order valence-corrected chi connectivity index (χ4v) is 2.99. The SMILES string of the molecule is Cc1cc(-c2ccc(C(C)C)cc2)n(C2CC2)c(=O)c1CN. The van der Waals surface area contributed by atoms with E-state index in [9.17, 15) is 4.79 Å². The van der Waals surface area contributed by atoms with Crippen LogP contribution in [-0.4, -0.2) is 4.57 Å². The minimum Gasteiger partial charge on any atom is -0.326 e. The lowest BCUT2D eigenvalue weighted by Crippen LogP contribution is -2.27. The average molecular weight is 296 g/mol. The van der Waals surface area contributed by atoms with Crippen molar-refractivity contribution in [3.63, 3.8) is 0 Å². The van der Waals surface area contributed by atoms with Gasteiger partial charge in [-0.25, -0.2) is 0 Å². The summed E-state index contributed by atoms with van der Waals surface area (Å²) < 4.78 is 1.96. The number of nitrogens with two attached hydrogens (primary N) is 1. The van der Waals surface area contributed by atoms with Crippen molar-refractivity contribution in [2.75, 3.05) is 0 Å². The summed E-state index contributed by atoms with van der Waals surface area (Å²) in [6.07, 6.45) is 2.17. The Balaban J connectivity index is 2.15. The third kappa shape index (κ3) is 2.61. The highest BCUT2D eigenvalue weighted by Gasteiger charge is 2.28. The molecule has 1 saturated carbocycles. The van der Waals surface area contributed by atoms with E-state index in [1.165, 1.54) is 5.56 Å². The standard InChI is InChI=1S/C19H24N2O/c1-12(2)14-4-6-15(7-5-14)18-10-13(3)17(11-20)19(22)21(18)16-8-9-16/h4-7,10,12,16H,8-9,11,20H2,1-3H3. The van der Waals surface area contributed by atoms with E-state index in [1.54, 1.807) is 0 Å². The molecule has 1 aliphatic rings. The van der Waals surface area contributed by atoms with Gasteiger partial charge in [-0.15, -0.1) is 0 Å². The Labute approximate surface area is 131 Å². The van der Waals surface area contributed by atoms with E-state index in [0.29, 0.717) is 18.5 Å². The van der Waals surface area contributed by atoms with Gasteiger partial charge in [0.1, 0.15) is 0 Å². The van der Waals surface area contributed by atoms with Gasteiger partial charge in [-0.1, -0.05) is 38.1 Å². The first-order valence-corrected chi connectivity index (χ1v) is 8.08. The van der Waals surface area contributed by atoms with Crippen LogP contribution in [0.2, 0.25) is 0 Å². The van der Waals surface area contributed by atoms with Gasteiger partial charge in [0.15, 0.2) is 0 Å². The lowest BCUT2D eigenvalue weighted by Gasteiger charge is -2.17. The number of pyridine rings is 1. The molecule has 2 aromatic rings. The molecular weight excluding hydrogens is 272 g/mol. The van der Waals surface area contributed by atoms with Gasteiger partial charge in [0.25, 0.3) is 5.56 Å². The third-order valence-corrected chi connectivity index (χ3v) is 4.55. The highest BCUT2D eigenvalue weighted by Crippen LogP contribution is 2.37. The summed E-state index contributed by atoms with van der Waals surface area (Å²) in [7, 11) is 0. The summed E-state index contributed by atoms with van der Waals surface area (Å²) in [5.41, 5.74) is 11.1. The molecule has 1 aromatic carbocycles. The highest BCUT2D eigenvalue weighted by molar-refractivity contribution is 5.62. The summed E-state index contributed by atoms with van der Waals surface area (Å²) in [5.74, 6) is 0.515. The summed E-state index contributed by atoms with van der Waals surface area (Å²) >= 11 is 0. The molecule has 0 atom stereocenters. The maximum absolute atomic E-state index is 12.8. The van der Waals surface area contributed by atoms with Gasteiger partial charge < -0.3 is 10.3 Å². The first-order valence-electron chi connectivity index (χ1n) is 8.08. The molecular formula is C19H24N2O. The Hall–Kier alpha value is -1.87. The van der Waals surface area contributed by atoms with Gasteiger partial charge in [0, 0.05) is 18.2 Å². The average Bonchev–Trinajstić information content (AvgIpc) is 3.31. The molecule has 0 aliphatic heterocycles. The van der Waals surface area contributed by atoms with E-state index in [2.05, 4.69) is 44.2 Å². The van der Waals surface area contributed by atoms with Crippen molar-refractivity contribution < 1.29 is 0 Å². The van der Waals surface area contributed by atoms with Crippen LogP contribution in [0.15, 0.2) is 35.1 Å². The summed E-state index contributed by atoms with van der Waals surface area (Å²) in [6.45, 7) is 6.67. The predicted molar refractivity (Wildman–Crippen MR) is 91.1 cm³/mol. The van der Waals surface area contributed by atoms with E-state index in [4.69, 9.17) is 5.73 Å². The fraction of sp³-hybridized carbons (Fsp3) is 0.421. The van der Waals surface area contributed by atoms with Crippen LogP contribution in [0.1, 0.15) is 55.3 Å². The van der Waals surface area contributed by atoms with Crippen LogP contribution in [0.25, 0.3) is 11.3 Å². The number of nitrogens with zero attached hydrogens (tertiary/aromatic N) is 1. The number of aromatic nitrogens is 1. The Morgan fingerprint density at radius 1 is 1.23 bits per heavy atom. The molecule has 0 amide bonds. The van der Waals surface area contributed by atoms with Gasteiger partial charge >= 0.3 is 0 Å². The minimum atomic E-state index is 0.0907. The van der Waals surface area contributed by atoms with Crippen molar-refractivity contribution in [1.29, 1.82) is 0 Å². The number of hydrogen-bond donors (Lipinski definition) is 1. The molecule has 1 fully saturated rings. The smallest absolute Gasteiger partial charge is 0.256 e. The Kier molecular flexibility index (Phi) is 3.92. The summed E-state index contributed by atoms with van der Waals surface area (Å²) in [5, 5.41) is 0. The van der Waals surface area contributed by atoms with Crippen LogP contribution in [0.4, 0.5) is 0 Å². The number of rotatable bonds is 4. The fourth-order valence-electron chi connectivity index (χ4n) is 2.99. The van der Waals surface area contributed by atoms with Crippen molar-refractivity contribution in [3.8, 4) is 11.3 Å².